The van der Waals surface area contributed by atoms with E-state index in [0.717, 1.165) is 4.47 Å². The van der Waals surface area contributed by atoms with Crippen LogP contribution in [0.4, 0.5) is 5.69 Å². The molecule has 0 spiro atoms. The van der Waals surface area contributed by atoms with Gasteiger partial charge in [0.15, 0.2) is 11.6 Å². The number of amides is 1. The number of carbonyl (C=O) groups is 1. The highest BCUT2D eigenvalue weighted by atomic mass is 79.9. The SMILES string of the molecule is COc1cc(OC)c(CNNC(=O)[C@@]2(Cc3ccccc3N=[N+]=[N-])N=C(c3ccc(OCCCO)cc3)O[C@H]2c2ccc(Br)cc2)c(OC)c1. The quantitative estimate of drug-likeness (QED) is 0.0384. The fraction of sp³-hybridized carbons (Fsp3) is 0.278. The van der Waals surface area contributed by atoms with Crippen LogP contribution in [0.5, 0.6) is 23.0 Å². The molecule has 50 heavy (non-hydrogen) atoms. The molecule has 260 valence electrons. The van der Waals surface area contributed by atoms with Crippen LogP contribution in [-0.2, 0) is 22.5 Å². The number of aliphatic imine (C=N–C) groups is 1. The van der Waals surface area contributed by atoms with Crippen molar-refractivity contribution in [1.29, 1.82) is 0 Å². The molecule has 1 aliphatic heterocycles. The first-order valence-electron chi connectivity index (χ1n) is 15.7. The Balaban J connectivity index is 1.56. The largest absolute Gasteiger partial charge is 0.496 e. The number of carbonyl (C=O) groups excluding carboxylic acids is 1. The molecular formula is C36H37BrN6O7. The van der Waals surface area contributed by atoms with Crippen LogP contribution in [0, 0.1) is 0 Å². The first kappa shape index (κ1) is 36.0. The van der Waals surface area contributed by atoms with Crippen molar-refractivity contribution in [3.63, 3.8) is 0 Å². The fourth-order valence-electron chi connectivity index (χ4n) is 5.59. The van der Waals surface area contributed by atoms with Gasteiger partial charge < -0.3 is 28.8 Å². The lowest BCUT2D eigenvalue weighted by Gasteiger charge is -2.31. The third-order valence-electron chi connectivity index (χ3n) is 8.09. The predicted octanol–water partition coefficient (Wildman–Crippen LogP) is 6.50. The van der Waals surface area contributed by atoms with Crippen LogP contribution >= 0.6 is 15.9 Å². The Bertz CT molecular complexity index is 1840. The molecule has 13 nitrogen and oxygen atoms in total. The number of aliphatic hydroxyl groups is 1. The Hall–Kier alpha value is -5.27. The van der Waals surface area contributed by atoms with E-state index in [1.165, 1.54) is 14.2 Å². The molecule has 0 saturated heterocycles. The standard InChI is InChI=1S/C36H37BrN6O7/c1-46-28-19-31(47-2)29(32(20-28)48-3)22-39-42-35(45)36(21-25-7-4-5-8-30(25)41-43-38)33(23-9-13-26(37)14-10-23)50-34(40-36)24-11-15-27(16-12-24)49-18-6-17-44/h4-5,7-16,19-20,33,39,44H,6,17-18,21-22H2,1-3H3,(H,42,45)/t33-,36-/m0/s1. The minimum Gasteiger partial charge on any atom is -0.496 e. The van der Waals surface area contributed by atoms with Gasteiger partial charge in [0, 0.05) is 58.8 Å². The van der Waals surface area contributed by atoms with Gasteiger partial charge in [-0.3, -0.25) is 10.2 Å². The fourth-order valence-corrected chi connectivity index (χ4v) is 5.85. The van der Waals surface area contributed by atoms with Gasteiger partial charge in [-0.15, -0.1) is 0 Å². The molecule has 14 heteroatoms. The number of aliphatic hydroxyl groups excluding tert-OH is 1. The highest BCUT2D eigenvalue weighted by molar-refractivity contribution is 9.10. The number of nitrogens with zero attached hydrogens (tertiary/aromatic N) is 4. The van der Waals surface area contributed by atoms with Crippen LogP contribution in [0.25, 0.3) is 10.4 Å². The van der Waals surface area contributed by atoms with E-state index < -0.39 is 17.6 Å². The van der Waals surface area contributed by atoms with Crippen LogP contribution in [0.3, 0.4) is 0 Å². The second-order valence-corrected chi connectivity index (χ2v) is 12.1. The van der Waals surface area contributed by atoms with E-state index in [1.54, 1.807) is 61.7 Å². The third kappa shape index (κ3) is 8.12. The molecule has 1 amide bonds. The number of methoxy groups -OCH3 is 3. The molecule has 5 rings (SSSR count). The zero-order valence-corrected chi connectivity index (χ0v) is 29.3. The van der Waals surface area contributed by atoms with Crippen molar-refractivity contribution in [1.82, 2.24) is 10.9 Å². The van der Waals surface area contributed by atoms with Gasteiger partial charge >= 0.3 is 0 Å². The summed E-state index contributed by atoms with van der Waals surface area (Å²) >= 11 is 3.50. The van der Waals surface area contributed by atoms with Crippen molar-refractivity contribution < 1.29 is 33.6 Å². The summed E-state index contributed by atoms with van der Waals surface area (Å²) in [5.41, 5.74) is 16.6. The molecule has 0 aliphatic carbocycles. The van der Waals surface area contributed by atoms with E-state index in [2.05, 4.69) is 36.8 Å². The lowest BCUT2D eigenvalue weighted by atomic mass is 9.81. The molecule has 0 fully saturated rings. The Morgan fingerprint density at radius 1 is 1.00 bits per heavy atom. The van der Waals surface area contributed by atoms with Crippen LogP contribution in [-0.4, -0.2) is 57.0 Å². The predicted molar refractivity (Wildman–Crippen MR) is 191 cm³/mol. The number of halogens is 1. The lowest BCUT2D eigenvalue weighted by molar-refractivity contribution is -0.130. The Labute approximate surface area is 297 Å². The summed E-state index contributed by atoms with van der Waals surface area (Å²) in [5, 5.41) is 13.0. The summed E-state index contributed by atoms with van der Waals surface area (Å²) in [4.78, 5) is 22.7. The number of benzene rings is 4. The third-order valence-corrected chi connectivity index (χ3v) is 8.62. The molecule has 4 aromatic carbocycles. The van der Waals surface area contributed by atoms with Crippen molar-refractivity contribution in [2.24, 2.45) is 10.1 Å². The minimum atomic E-state index is -1.58. The molecule has 4 aromatic rings. The van der Waals surface area contributed by atoms with Crippen molar-refractivity contribution in [2.45, 2.75) is 31.0 Å². The number of hydrogen-bond donors (Lipinski definition) is 3. The van der Waals surface area contributed by atoms with Crippen molar-refractivity contribution in [3.8, 4) is 23.0 Å². The Kier molecular flexibility index (Phi) is 12.2. The van der Waals surface area contributed by atoms with Crippen LogP contribution in [0.2, 0.25) is 0 Å². The molecule has 3 N–H and O–H groups in total. The number of azide groups is 1. The average molecular weight is 746 g/mol. The molecule has 0 aromatic heterocycles. The van der Waals surface area contributed by atoms with Crippen molar-refractivity contribution in [2.75, 3.05) is 34.5 Å². The van der Waals surface area contributed by atoms with E-state index in [1.807, 2.05) is 30.3 Å². The van der Waals surface area contributed by atoms with Gasteiger partial charge in [0.05, 0.1) is 33.5 Å². The first-order chi connectivity index (χ1) is 24.3. The molecular weight excluding hydrogens is 708 g/mol. The van der Waals surface area contributed by atoms with Crippen molar-refractivity contribution >= 4 is 33.4 Å². The van der Waals surface area contributed by atoms with Crippen molar-refractivity contribution in [3.05, 3.63) is 122 Å². The van der Waals surface area contributed by atoms with Crippen LogP contribution in [0.1, 0.15) is 34.8 Å². The van der Waals surface area contributed by atoms with Gasteiger partial charge in [-0.05, 0) is 53.1 Å². The molecule has 2 atom stereocenters. The summed E-state index contributed by atoms with van der Waals surface area (Å²) in [7, 11) is 4.62. The van der Waals surface area contributed by atoms with E-state index in [9.17, 15) is 10.3 Å². The maximum atomic E-state index is 14.7. The zero-order chi connectivity index (χ0) is 35.5. The number of hydrogen-bond acceptors (Lipinski definition) is 10. The Morgan fingerprint density at radius 3 is 2.34 bits per heavy atom. The van der Waals surface area contributed by atoms with E-state index >= 15 is 0 Å². The summed E-state index contributed by atoms with van der Waals surface area (Å²) < 4.78 is 29.7. The maximum absolute atomic E-state index is 14.7. The van der Waals surface area contributed by atoms with E-state index in [0.29, 0.717) is 64.0 Å². The molecule has 0 unspecified atom stereocenters. The summed E-state index contributed by atoms with van der Waals surface area (Å²) in [6.45, 7) is 0.531. The highest BCUT2D eigenvalue weighted by Crippen LogP contribution is 2.44. The molecule has 0 bridgehead atoms. The summed E-state index contributed by atoms with van der Waals surface area (Å²) in [6, 6.07) is 25.1. The second-order valence-electron chi connectivity index (χ2n) is 11.2. The second kappa shape index (κ2) is 16.9. The van der Waals surface area contributed by atoms with Gasteiger partial charge in [-0.1, -0.05) is 57.4 Å². The smallest absolute Gasteiger partial charge is 0.266 e. The van der Waals surface area contributed by atoms with E-state index in [4.69, 9.17) is 33.8 Å². The van der Waals surface area contributed by atoms with Crippen LogP contribution < -0.4 is 29.8 Å². The normalized spacial score (nSPS) is 16.4. The first-order valence-corrected chi connectivity index (χ1v) is 16.5. The lowest BCUT2D eigenvalue weighted by Crippen LogP contribution is -2.53. The molecule has 1 aliphatic rings. The maximum Gasteiger partial charge on any atom is 0.266 e. The number of nitrogens with one attached hydrogen (secondary N) is 2. The van der Waals surface area contributed by atoms with Gasteiger partial charge in [-0.25, -0.2) is 10.4 Å². The van der Waals surface area contributed by atoms with Gasteiger partial charge in [0.25, 0.3) is 5.91 Å². The number of rotatable bonds is 16. The minimum absolute atomic E-state index is 0.0253. The average Bonchev–Trinajstić information content (AvgIpc) is 3.53. The topological polar surface area (TPSA) is 169 Å². The number of ether oxygens (including phenoxy) is 5. The number of hydrazine groups is 1. The molecule has 0 radical (unpaired) electrons. The monoisotopic (exact) mass is 744 g/mol. The van der Waals surface area contributed by atoms with Gasteiger partial charge in [0.2, 0.25) is 5.90 Å². The molecule has 1 heterocycles. The summed E-state index contributed by atoms with van der Waals surface area (Å²) in [6.07, 6.45) is -0.359. The summed E-state index contributed by atoms with van der Waals surface area (Å²) in [5.74, 6) is 1.92. The zero-order valence-electron chi connectivity index (χ0n) is 27.8. The van der Waals surface area contributed by atoms with E-state index in [-0.39, 0.29) is 25.5 Å². The highest BCUT2D eigenvalue weighted by Gasteiger charge is 2.53. The van der Waals surface area contributed by atoms with Gasteiger partial charge in [-0.2, -0.15) is 0 Å². The Morgan fingerprint density at radius 2 is 1.70 bits per heavy atom. The van der Waals surface area contributed by atoms with Gasteiger partial charge in [0.1, 0.15) is 23.0 Å². The molecule has 0 saturated carbocycles. The van der Waals surface area contributed by atoms with Crippen LogP contribution in [0.15, 0.2) is 99.5 Å².